The molecule has 2 aromatic rings. The number of nitrogens with zero attached hydrogens (tertiary/aromatic N) is 3. The number of aromatic nitrogens is 2. The second-order valence-electron chi connectivity index (χ2n) is 5.55. The Bertz CT molecular complexity index is 835. The SMILES string of the molecule is O=C(c1cc(Cl)cc(Cl)c1)N1CCN(C(=O)c2ccc(=O)[nH]n2)CC1. The van der Waals surface area contributed by atoms with Crippen molar-refractivity contribution in [2.75, 3.05) is 26.2 Å². The first kappa shape index (κ1) is 17.4. The first-order chi connectivity index (χ1) is 11.9. The van der Waals surface area contributed by atoms with Crippen molar-refractivity contribution in [3.63, 3.8) is 0 Å². The average molecular weight is 381 g/mol. The first-order valence-corrected chi connectivity index (χ1v) is 8.30. The van der Waals surface area contributed by atoms with Crippen LogP contribution in [0.1, 0.15) is 20.8 Å². The molecule has 0 radical (unpaired) electrons. The number of benzene rings is 1. The number of aromatic amines is 1. The van der Waals surface area contributed by atoms with Crippen LogP contribution in [0.2, 0.25) is 10.0 Å². The zero-order valence-electron chi connectivity index (χ0n) is 13.0. The Labute approximate surface area is 153 Å². The highest BCUT2D eigenvalue weighted by atomic mass is 35.5. The fourth-order valence-electron chi connectivity index (χ4n) is 2.60. The van der Waals surface area contributed by atoms with Crippen LogP contribution in [0.3, 0.4) is 0 Å². The normalized spacial score (nSPS) is 14.5. The maximum absolute atomic E-state index is 12.5. The van der Waals surface area contributed by atoms with Gasteiger partial charge in [0.05, 0.1) is 0 Å². The van der Waals surface area contributed by atoms with Crippen LogP contribution < -0.4 is 5.56 Å². The second-order valence-corrected chi connectivity index (χ2v) is 6.42. The maximum atomic E-state index is 12.5. The van der Waals surface area contributed by atoms with E-state index in [1.807, 2.05) is 0 Å². The van der Waals surface area contributed by atoms with Gasteiger partial charge in [-0.25, -0.2) is 5.10 Å². The Balaban J connectivity index is 1.65. The van der Waals surface area contributed by atoms with Crippen LogP contribution in [0.25, 0.3) is 0 Å². The Hall–Kier alpha value is -2.38. The topological polar surface area (TPSA) is 86.4 Å². The standard InChI is InChI=1S/C16H14Cl2N4O3/c17-11-7-10(8-12(18)9-11)15(24)21-3-5-22(6-4-21)16(25)13-1-2-14(23)20-19-13/h1-2,7-9H,3-6H2,(H,20,23). The van der Waals surface area contributed by atoms with Crippen molar-refractivity contribution in [2.24, 2.45) is 0 Å². The van der Waals surface area contributed by atoms with E-state index in [1.165, 1.54) is 12.1 Å². The molecular weight excluding hydrogens is 367 g/mol. The summed E-state index contributed by atoms with van der Waals surface area (Å²) in [7, 11) is 0. The molecule has 2 amide bonds. The molecule has 9 heteroatoms. The van der Waals surface area contributed by atoms with Crippen molar-refractivity contribution < 1.29 is 9.59 Å². The number of piperazine rings is 1. The molecule has 0 unspecified atom stereocenters. The summed E-state index contributed by atoms with van der Waals surface area (Å²) in [5, 5.41) is 6.77. The van der Waals surface area contributed by atoms with Gasteiger partial charge in [0.15, 0.2) is 0 Å². The van der Waals surface area contributed by atoms with Gasteiger partial charge in [0.2, 0.25) is 0 Å². The fourth-order valence-corrected chi connectivity index (χ4v) is 3.12. The molecule has 0 bridgehead atoms. The van der Waals surface area contributed by atoms with Gasteiger partial charge < -0.3 is 9.80 Å². The number of carbonyl (C=O) groups is 2. The molecule has 1 aromatic heterocycles. The largest absolute Gasteiger partial charge is 0.335 e. The Kier molecular flexibility index (Phi) is 5.06. The van der Waals surface area contributed by atoms with Crippen LogP contribution in [-0.4, -0.2) is 58.0 Å². The lowest BCUT2D eigenvalue weighted by atomic mass is 10.1. The highest BCUT2D eigenvalue weighted by molar-refractivity contribution is 6.35. The maximum Gasteiger partial charge on any atom is 0.274 e. The number of hydrogen-bond donors (Lipinski definition) is 1. The lowest BCUT2D eigenvalue weighted by molar-refractivity contribution is 0.0531. The molecule has 0 aliphatic carbocycles. The molecule has 0 atom stereocenters. The van der Waals surface area contributed by atoms with E-state index in [9.17, 15) is 14.4 Å². The summed E-state index contributed by atoms with van der Waals surface area (Å²) < 4.78 is 0. The van der Waals surface area contributed by atoms with Crippen molar-refractivity contribution in [3.05, 3.63) is 62.0 Å². The van der Waals surface area contributed by atoms with Gasteiger partial charge in [0.25, 0.3) is 17.4 Å². The number of rotatable bonds is 2. The summed E-state index contributed by atoms with van der Waals surface area (Å²) >= 11 is 11.9. The van der Waals surface area contributed by atoms with Crippen LogP contribution >= 0.6 is 23.2 Å². The molecule has 25 heavy (non-hydrogen) atoms. The van der Waals surface area contributed by atoms with Crippen LogP contribution in [0.15, 0.2) is 35.1 Å². The molecule has 0 saturated carbocycles. The smallest absolute Gasteiger partial charge is 0.274 e. The van der Waals surface area contributed by atoms with Gasteiger partial charge in [-0.3, -0.25) is 14.4 Å². The van der Waals surface area contributed by atoms with Gasteiger partial charge in [-0.05, 0) is 24.3 Å². The van der Waals surface area contributed by atoms with Crippen molar-refractivity contribution >= 4 is 35.0 Å². The molecule has 1 aromatic carbocycles. The summed E-state index contributed by atoms with van der Waals surface area (Å²) in [6.45, 7) is 1.52. The number of amides is 2. The fraction of sp³-hybridized carbons (Fsp3) is 0.250. The molecule has 1 aliphatic heterocycles. The Morgan fingerprint density at radius 3 is 2.00 bits per heavy atom. The Morgan fingerprint density at radius 1 is 0.920 bits per heavy atom. The average Bonchev–Trinajstić information content (AvgIpc) is 2.60. The van der Waals surface area contributed by atoms with Gasteiger partial charge >= 0.3 is 0 Å². The molecular formula is C16H14Cl2N4O3. The summed E-state index contributed by atoms with van der Waals surface area (Å²) in [5.41, 5.74) is 0.215. The number of carbonyl (C=O) groups excluding carboxylic acids is 2. The van der Waals surface area contributed by atoms with E-state index in [2.05, 4.69) is 10.2 Å². The summed E-state index contributed by atoms with van der Waals surface area (Å²) in [6, 6.07) is 7.33. The van der Waals surface area contributed by atoms with E-state index in [-0.39, 0.29) is 23.1 Å². The van der Waals surface area contributed by atoms with Crippen molar-refractivity contribution in [2.45, 2.75) is 0 Å². The molecule has 1 aliphatic rings. The van der Waals surface area contributed by atoms with Crippen LogP contribution in [-0.2, 0) is 0 Å². The molecule has 3 rings (SSSR count). The molecule has 1 saturated heterocycles. The zero-order chi connectivity index (χ0) is 18.0. The third-order valence-corrected chi connectivity index (χ3v) is 4.30. The van der Waals surface area contributed by atoms with E-state index in [0.717, 1.165) is 0 Å². The number of nitrogens with one attached hydrogen (secondary N) is 1. The van der Waals surface area contributed by atoms with Gasteiger partial charge in [-0.1, -0.05) is 23.2 Å². The van der Waals surface area contributed by atoms with E-state index in [1.54, 1.807) is 28.0 Å². The minimum Gasteiger partial charge on any atom is -0.335 e. The minimum atomic E-state index is -0.368. The number of H-pyrrole nitrogens is 1. The van der Waals surface area contributed by atoms with Gasteiger partial charge in [-0.2, -0.15) is 5.10 Å². The van der Waals surface area contributed by atoms with E-state index in [0.29, 0.717) is 41.8 Å². The van der Waals surface area contributed by atoms with Gasteiger partial charge in [0.1, 0.15) is 5.69 Å². The number of halogens is 2. The van der Waals surface area contributed by atoms with Crippen LogP contribution in [0, 0.1) is 0 Å². The van der Waals surface area contributed by atoms with E-state index >= 15 is 0 Å². The third kappa shape index (κ3) is 4.00. The summed E-state index contributed by atoms with van der Waals surface area (Å²) in [4.78, 5) is 39.1. The summed E-state index contributed by atoms with van der Waals surface area (Å²) in [6.07, 6.45) is 0. The van der Waals surface area contributed by atoms with Crippen molar-refractivity contribution in [1.29, 1.82) is 0 Å². The van der Waals surface area contributed by atoms with Crippen molar-refractivity contribution in [3.8, 4) is 0 Å². The van der Waals surface area contributed by atoms with Crippen molar-refractivity contribution in [1.82, 2.24) is 20.0 Å². The minimum absolute atomic E-state index is 0.168. The van der Waals surface area contributed by atoms with Crippen LogP contribution in [0.4, 0.5) is 0 Å². The molecule has 130 valence electrons. The highest BCUT2D eigenvalue weighted by Gasteiger charge is 2.26. The predicted molar refractivity (Wildman–Crippen MR) is 93.1 cm³/mol. The predicted octanol–water partition coefficient (Wildman–Crippen LogP) is 1.67. The Morgan fingerprint density at radius 2 is 1.48 bits per heavy atom. The molecule has 2 heterocycles. The lowest BCUT2D eigenvalue weighted by Gasteiger charge is -2.34. The number of hydrogen-bond acceptors (Lipinski definition) is 4. The zero-order valence-corrected chi connectivity index (χ0v) is 14.5. The molecule has 0 spiro atoms. The second kappa shape index (κ2) is 7.25. The van der Waals surface area contributed by atoms with E-state index < -0.39 is 0 Å². The monoisotopic (exact) mass is 380 g/mol. The molecule has 7 nitrogen and oxygen atoms in total. The van der Waals surface area contributed by atoms with Gasteiger partial charge in [0, 0.05) is 47.9 Å². The van der Waals surface area contributed by atoms with Gasteiger partial charge in [-0.15, -0.1) is 0 Å². The molecule has 1 N–H and O–H groups in total. The molecule has 1 fully saturated rings. The summed E-state index contributed by atoms with van der Waals surface area (Å²) in [5.74, 6) is -0.465. The van der Waals surface area contributed by atoms with E-state index in [4.69, 9.17) is 23.2 Å². The highest BCUT2D eigenvalue weighted by Crippen LogP contribution is 2.20. The van der Waals surface area contributed by atoms with Crippen LogP contribution in [0.5, 0.6) is 0 Å². The first-order valence-electron chi connectivity index (χ1n) is 7.54. The third-order valence-electron chi connectivity index (χ3n) is 3.86. The quantitative estimate of drug-likeness (QED) is 0.858. The lowest BCUT2D eigenvalue weighted by Crippen LogP contribution is -2.50.